The molecule has 0 radical (unpaired) electrons. The molecule has 0 atom stereocenters. The molecule has 1 aliphatic rings. The summed E-state index contributed by atoms with van der Waals surface area (Å²) in [7, 11) is 0. The molecule has 1 aliphatic heterocycles. The molecule has 11 nitrogen and oxygen atoms in total. The molecule has 1 fully saturated rings. The minimum atomic E-state index is -0.531. The van der Waals surface area contributed by atoms with Crippen molar-refractivity contribution in [2.75, 3.05) is 39.5 Å². The summed E-state index contributed by atoms with van der Waals surface area (Å²) in [5, 5.41) is 14.7. The minimum Gasteiger partial charge on any atom is -0.490 e. The van der Waals surface area contributed by atoms with Crippen LogP contribution in [0.1, 0.15) is 12.5 Å². The fourth-order valence-electron chi connectivity index (χ4n) is 2.79. The largest absolute Gasteiger partial charge is 0.490 e. The van der Waals surface area contributed by atoms with Crippen molar-refractivity contribution in [1.29, 1.82) is 0 Å². The standard InChI is InChI=1S/C20H23N5O6/c1-2-30-18-11-15(12-22-23-19(26)14-24-7-9-29-10-8-24)3-5-17(18)31-20-6-4-16(13-21-20)25(27)28/h3-6,11-13H,2,7-10,14H2,1H3,(H,23,26)/b22-12+. The highest BCUT2D eigenvalue weighted by molar-refractivity contribution is 5.83. The molecular weight excluding hydrogens is 406 g/mol. The Morgan fingerprint density at radius 1 is 1.32 bits per heavy atom. The average molecular weight is 429 g/mol. The Balaban J connectivity index is 1.61. The van der Waals surface area contributed by atoms with Crippen molar-refractivity contribution in [3.63, 3.8) is 0 Å². The van der Waals surface area contributed by atoms with Crippen molar-refractivity contribution < 1.29 is 23.9 Å². The number of amides is 1. The lowest BCUT2D eigenvalue weighted by Crippen LogP contribution is -2.42. The maximum atomic E-state index is 12.0. The first-order valence-corrected chi connectivity index (χ1v) is 9.72. The topological polar surface area (TPSA) is 128 Å². The number of pyridine rings is 1. The summed E-state index contributed by atoms with van der Waals surface area (Å²) < 4.78 is 16.6. The number of nitrogens with one attached hydrogen (secondary N) is 1. The van der Waals surface area contributed by atoms with Crippen LogP contribution in [0.15, 0.2) is 41.6 Å². The van der Waals surface area contributed by atoms with Crippen LogP contribution in [0.3, 0.4) is 0 Å². The van der Waals surface area contributed by atoms with Gasteiger partial charge in [-0.1, -0.05) is 0 Å². The summed E-state index contributed by atoms with van der Waals surface area (Å²) in [4.78, 5) is 28.1. The number of hydrazone groups is 1. The first-order chi connectivity index (χ1) is 15.0. The predicted molar refractivity (Wildman–Crippen MR) is 112 cm³/mol. The van der Waals surface area contributed by atoms with Crippen molar-refractivity contribution in [1.82, 2.24) is 15.3 Å². The van der Waals surface area contributed by atoms with E-state index in [0.717, 1.165) is 19.3 Å². The summed E-state index contributed by atoms with van der Waals surface area (Å²) in [6, 6.07) is 7.84. The maximum absolute atomic E-state index is 12.0. The number of ether oxygens (including phenoxy) is 3. The molecule has 164 valence electrons. The van der Waals surface area contributed by atoms with Crippen LogP contribution >= 0.6 is 0 Å². The SMILES string of the molecule is CCOc1cc(/C=N/NC(=O)CN2CCOCC2)ccc1Oc1ccc([N+](=O)[O-])cn1. The van der Waals surface area contributed by atoms with Crippen LogP contribution in [0.25, 0.3) is 0 Å². The van der Waals surface area contributed by atoms with E-state index in [1.54, 1.807) is 18.2 Å². The van der Waals surface area contributed by atoms with E-state index in [4.69, 9.17) is 14.2 Å². The molecule has 0 aliphatic carbocycles. The second kappa shape index (κ2) is 11.0. The van der Waals surface area contributed by atoms with Gasteiger partial charge in [0.15, 0.2) is 11.5 Å². The van der Waals surface area contributed by atoms with Gasteiger partial charge in [-0.25, -0.2) is 10.4 Å². The third-order valence-corrected chi connectivity index (χ3v) is 4.29. The van der Waals surface area contributed by atoms with E-state index in [9.17, 15) is 14.9 Å². The first-order valence-electron chi connectivity index (χ1n) is 9.72. The molecule has 1 amide bonds. The van der Waals surface area contributed by atoms with Crippen molar-refractivity contribution in [2.24, 2.45) is 5.10 Å². The van der Waals surface area contributed by atoms with Gasteiger partial charge in [0.05, 0.1) is 37.5 Å². The van der Waals surface area contributed by atoms with Gasteiger partial charge in [0, 0.05) is 25.2 Å². The van der Waals surface area contributed by atoms with Gasteiger partial charge in [0.1, 0.15) is 6.20 Å². The monoisotopic (exact) mass is 429 g/mol. The highest BCUT2D eigenvalue weighted by atomic mass is 16.6. The van der Waals surface area contributed by atoms with Crippen molar-refractivity contribution in [2.45, 2.75) is 6.92 Å². The van der Waals surface area contributed by atoms with E-state index < -0.39 is 4.92 Å². The Bertz CT molecular complexity index is 928. The molecule has 2 heterocycles. The smallest absolute Gasteiger partial charge is 0.287 e. The van der Waals surface area contributed by atoms with E-state index in [1.807, 2.05) is 11.8 Å². The molecule has 0 saturated carbocycles. The second-order valence-corrected chi connectivity index (χ2v) is 6.53. The predicted octanol–water partition coefficient (Wildman–Crippen LogP) is 1.96. The zero-order valence-electron chi connectivity index (χ0n) is 17.0. The van der Waals surface area contributed by atoms with Crippen LogP contribution in [-0.4, -0.2) is 66.4 Å². The van der Waals surface area contributed by atoms with Crippen LogP contribution in [0.5, 0.6) is 17.4 Å². The molecule has 0 bridgehead atoms. The van der Waals surface area contributed by atoms with Crippen molar-refractivity contribution in [3.8, 4) is 17.4 Å². The lowest BCUT2D eigenvalue weighted by molar-refractivity contribution is -0.385. The Morgan fingerprint density at radius 3 is 2.81 bits per heavy atom. The van der Waals surface area contributed by atoms with Gasteiger partial charge in [0.2, 0.25) is 5.88 Å². The van der Waals surface area contributed by atoms with E-state index in [-0.39, 0.29) is 24.0 Å². The summed E-state index contributed by atoms with van der Waals surface area (Å²) in [6.07, 6.45) is 2.63. The van der Waals surface area contributed by atoms with Gasteiger partial charge < -0.3 is 14.2 Å². The summed E-state index contributed by atoms with van der Waals surface area (Å²) in [5.41, 5.74) is 3.08. The number of benzene rings is 1. The molecule has 0 unspecified atom stereocenters. The highest BCUT2D eigenvalue weighted by Crippen LogP contribution is 2.32. The van der Waals surface area contributed by atoms with Crippen molar-refractivity contribution >= 4 is 17.8 Å². The third-order valence-electron chi connectivity index (χ3n) is 4.29. The number of hydrogen-bond donors (Lipinski definition) is 1. The quantitative estimate of drug-likeness (QED) is 0.364. The Morgan fingerprint density at radius 2 is 2.13 bits per heavy atom. The average Bonchev–Trinajstić information content (AvgIpc) is 2.77. The highest BCUT2D eigenvalue weighted by Gasteiger charge is 2.14. The molecule has 1 aromatic carbocycles. The summed E-state index contributed by atoms with van der Waals surface area (Å²) in [6.45, 7) is 5.20. The number of aromatic nitrogens is 1. The van der Waals surface area contributed by atoms with Crippen LogP contribution in [-0.2, 0) is 9.53 Å². The molecule has 0 spiro atoms. The van der Waals surface area contributed by atoms with Gasteiger partial charge in [0.25, 0.3) is 11.6 Å². The number of carbonyl (C=O) groups excluding carboxylic acids is 1. The number of nitrogens with zero attached hydrogens (tertiary/aromatic N) is 4. The van der Waals surface area contributed by atoms with Gasteiger partial charge >= 0.3 is 0 Å². The molecule has 1 saturated heterocycles. The Labute approximate surface area is 178 Å². The van der Waals surface area contributed by atoms with E-state index in [2.05, 4.69) is 15.5 Å². The van der Waals surface area contributed by atoms with Crippen LogP contribution in [0, 0.1) is 10.1 Å². The van der Waals surface area contributed by atoms with Crippen LogP contribution < -0.4 is 14.9 Å². The fourth-order valence-corrected chi connectivity index (χ4v) is 2.79. The van der Waals surface area contributed by atoms with Gasteiger partial charge in [-0.15, -0.1) is 0 Å². The number of hydrogen-bond acceptors (Lipinski definition) is 9. The second-order valence-electron chi connectivity index (χ2n) is 6.53. The molecule has 2 aromatic rings. The Hall–Kier alpha value is -3.57. The van der Waals surface area contributed by atoms with Crippen molar-refractivity contribution in [3.05, 3.63) is 52.2 Å². The lowest BCUT2D eigenvalue weighted by atomic mass is 10.2. The number of carbonyl (C=O) groups is 1. The zero-order valence-corrected chi connectivity index (χ0v) is 17.0. The first kappa shape index (κ1) is 22.1. The lowest BCUT2D eigenvalue weighted by Gasteiger charge is -2.25. The van der Waals surface area contributed by atoms with Crippen LogP contribution in [0.2, 0.25) is 0 Å². The normalized spacial score (nSPS) is 14.4. The molecule has 3 rings (SSSR count). The fraction of sp³-hybridized carbons (Fsp3) is 0.350. The third kappa shape index (κ3) is 6.73. The molecule has 1 aromatic heterocycles. The van der Waals surface area contributed by atoms with Gasteiger partial charge in [-0.2, -0.15) is 5.10 Å². The number of rotatable bonds is 9. The zero-order chi connectivity index (χ0) is 22.1. The molecular formula is C20H23N5O6. The van der Waals surface area contributed by atoms with Gasteiger partial charge in [-0.3, -0.25) is 19.8 Å². The van der Waals surface area contributed by atoms with Crippen LogP contribution in [0.4, 0.5) is 5.69 Å². The molecule has 11 heteroatoms. The number of morpholine rings is 1. The summed E-state index contributed by atoms with van der Waals surface area (Å²) >= 11 is 0. The molecule has 1 N–H and O–H groups in total. The molecule has 31 heavy (non-hydrogen) atoms. The maximum Gasteiger partial charge on any atom is 0.287 e. The van der Waals surface area contributed by atoms with Gasteiger partial charge in [-0.05, 0) is 30.7 Å². The minimum absolute atomic E-state index is 0.125. The van der Waals surface area contributed by atoms with E-state index in [1.165, 1.54) is 18.3 Å². The Kier molecular flexibility index (Phi) is 7.85. The van der Waals surface area contributed by atoms with E-state index in [0.29, 0.717) is 36.9 Å². The van der Waals surface area contributed by atoms with E-state index >= 15 is 0 Å². The number of nitro groups is 1. The summed E-state index contributed by atoms with van der Waals surface area (Å²) in [5.74, 6) is 0.846.